The van der Waals surface area contributed by atoms with E-state index in [0.717, 1.165) is 5.56 Å². The van der Waals surface area contributed by atoms with E-state index in [1.807, 2.05) is 6.92 Å². The molecule has 9 nitrogen and oxygen atoms in total. The van der Waals surface area contributed by atoms with Gasteiger partial charge in [0.2, 0.25) is 0 Å². The van der Waals surface area contributed by atoms with Crippen molar-refractivity contribution in [3.05, 3.63) is 59.2 Å². The van der Waals surface area contributed by atoms with Crippen molar-refractivity contribution in [2.45, 2.75) is 11.8 Å². The van der Waals surface area contributed by atoms with Crippen molar-refractivity contribution >= 4 is 22.1 Å². The molecule has 0 bridgehead atoms. The number of methoxy groups -OCH3 is 2. The Labute approximate surface area is 180 Å². The number of esters is 2. The zero-order valence-corrected chi connectivity index (χ0v) is 18.3. The topological polar surface area (TPSA) is 114 Å². The Morgan fingerprint density at radius 3 is 2.06 bits per heavy atom. The number of ether oxygens (including phenoxy) is 4. The van der Waals surface area contributed by atoms with Crippen LogP contribution in [0.3, 0.4) is 0 Å². The van der Waals surface area contributed by atoms with Gasteiger partial charge in [-0.3, -0.25) is 4.18 Å². The van der Waals surface area contributed by atoms with Crippen LogP contribution in [0.1, 0.15) is 26.3 Å². The molecule has 31 heavy (non-hydrogen) atoms. The van der Waals surface area contributed by atoms with Gasteiger partial charge in [-0.05, 0) is 37.3 Å². The lowest BCUT2D eigenvalue weighted by molar-refractivity contribution is 0.0554. The molecule has 0 aliphatic rings. The van der Waals surface area contributed by atoms with Crippen LogP contribution >= 0.6 is 0 Å². The van der Waals surface area contributed by atoms with Gasteiger partial charge in [0, 0.05) is 0 Å². The molecular formula is C21H24O9S. The molecule has 0 aromatic heterocycles. The first-order valence-electron chi connectivity index (χ1n) is 9.26. The molecule has 0 aliphatic carbocycles. The summed E-state index contributed by atoms with van der Waals surface area (Å²) in [5.74, 6) is -1.04. The molecule has 2 aromatic rings. The maximum atomic E-state index is 12.1. The van der Waals surface area contributed by atoms with Gasteiger partial charge in [0.05, 0.1) is 50.1 Å². The van der Waals surface area contributed by atoms with E-state index in [1.165, 1.54) is 44.6 Å². The molecule has 0 N–H and O–H groups in total. The van der Waals surface area contributed by atoms with Gasteiger partial charge in [-0.2, -0.15) is 8.42 Å². The van der Waals surface area contributed by atoms with Crippen molar-refractivity contribution < 1.29 is 41.1 Å². The van der Waals surface area contributed by atoms with Gasteiger partial charge in [0.1, 0.15) is 12.4 Å². The third-order valence-electron chi connectivity index (χ3n) is 4.07. The number of carbonyl (C=O) groups is 2. The molecule has 2 rings (SSSR count). The summed E-state index contributed by atoms with van der Waals surface area (Å²) in [6.45, 7) is 2.04. The van der Waals surface area contributed by atoms with Gasteiger partial charge in [-0.1, -0.05) is 17.7 Å². The first-order valence-corrected chi connectivity index (χ1v) is 10.7. The van der Waals surface area contributed by atoms with E-state index in [-0.39, 0.29) is 42.4 Å². The van der Waals surface area contributed by atoms with E-state index in [4.69, 9.17) is 13.7 Å². The maximum Gasteiger partial charge on any atom is 0.338 e. The van der Waals surface area contributed by atoms with Crippen molar-refractivity contribution in [1.82, 2.24) is 0 Å². The van der Waals surface area contributed by atoms with Gasteiger partial charge >= 0.3 is 11.9 Å². The summed E-state index contributed by atoms with van der Waals surface area (Å²) >= 11 is 0. The second-order valence-corrected chi connectivity index (χ2v) is 7.86. The summed E-state index contributed by atoms with van der Waals surface area (Å²) < 4.78 is 49.2. The summed E-state index contributed by atoms with van der Waals surface area (Å²) in [6, 6.07) is 10.6. The van der Waals surface area contributed by atoms with E-state index in [9.17, 15) is 18.0 Å². The minimum atomic E-state index is -3.83. The lowest BCUT2D eigenvalue weighted by Gasteiger charge is -2.11. The Bertz CT molecular complexity index is 998. The van der Waals surface area contributed by atoms with E-state index in [2.05, 4.69) is 9.47 Å². The molecule has 0 saturated heterocycles. The second-order valence-electron chi connectivity index (χ2n) is 6.24. The summed E-state index contributed by atoms with van der Waals surface area (Å²) in [7, 11) is -1.42. The fourth-order valence-corrected chi connectivity index (χ4v) is 3.37. The Morgan fingerprint density at radius 2 is 1.42 bits per heavy atom. The minimum absolute atomic E-state index is 0.0162. The Hall–Kier alpha value is -2.95. The molecule has 0 heterocycles. The standard InChI is InChI=1S/C21H24O9S/c1-15-4-7-17(8-5-15)31(24,25)30-13-11-28-10-12-29-16-6-9-18(20(22)26-2)19(14-16)21(23)27-3/h4-9,14H,10-13H2,1-3H3. The van der Waals surface area contributed by atoms with Crippen LogP contribution in [0.4, 0.5) is 0 Å². The number of aryl methyl sites for hydroxylation is 1. The molecule has 0 saturated carbocycles. The van der Waals surface area contributed by atoms with E-state index >= 15 is 0 Å². The van der Waals surface area contributed by atoms with Crippen LogP contribution in [0.5, 0.6) is 5.75 Å². The van der Waals surface area contributed by atoms with Crippen LogP contribution in [-0.4, -0.2) is 61.0 Å². The molecule has 0 unspecified atom stereocenters. The number of benzene rings is 2. The molecule has 2 aromatic carbocycles. The highest BCUT2D eigenvalue weighted by molar-refractivity contribution is 7.86. The molecule has 0 fully saturated rings. The molecule has 0 spiro atoms. The van der Waals surface area contributed by atoms with E-state index in [1.54, 1.807) is 12.1 Å². The Kier molecular flexibility index (Phi) is 8.98. The fourth-order valence-electron chi connectivity index (χ4n) is 2.48. The normalized spacial score (nSPS) is 11.1. The summed E-state index contributed by atoms with van der Waals surface area (Å²) in [6.07, 6.45) is 0. The summed E-state index contributed by atoms with van der Waals surface area (Å²) in [5.41, 5.74) is 1.02. The quantitative estimate of drug-likeness (QED) is 0.288. The van der Waals surface area contributed by atoms with Crippen LogP contribution in [0.25, 0.3) is 0 Å². The molecular weight excluding hydrogens is 428 g/mol. The zero-order chi connectivity index (χ0) is 22.9. The highest BCUT2D eigenvalue weighted by atomic mass is 32.2. The number of hydrogen-bond acceptors (Lipinski definition) is 9. The number of rotatable bonds is 11. The van der Waals surface area contributed by atoms with Crippen molar-refractivity contribution in [3.8, 4) is 5.75 Å². The average molecular weight is 452 g/mol. The summed E-state index contributed by atoms with van der Waals surface area (Å²) in [5, 5.41) is 0. The van der Waals surface area contributed by atoms with Gasteiger partial charge < -0.3 is 18.9 Å². The third kappa shape index (κ3) is 7.06. The minimum Gasteiger partial charge on any atom is -0.491 e. The summed E-state index contributed by atoms with van der Waals surface area (Å²) in [4.78, 5) is 23.7. The van der Waals surface area contributed by atoms with Crippen molar-refractivity contribution in [1.29, 1.82) is 0 Å². The lowest BCUT2D eigenvalue weighted by atomic mass is 10.1. The molecule has 0 radical (unpaired) electrons. The highest BCUT2D eigenvalue weighted by Crippen LogP contribution is 2.20. The fraction of sp³-hybridized carbons (Fsp3) is 0.333. The molecule has 0 aliphatic heterocycles. The zero-order valence-electron chi connectivity index (χ0n) is 17.5. The van der Waals surface area contributed by atoms with Gasteiger partial charge in [-0.15, -0.1) is 0 Å². The van der Waals surface area contributed by atoms with Crippen molar-refractivity contribution in [2.24, 2.45) is 0 Å². The predicted octanol–water partition coefficient (Wildman–Crippen LogP) is 2.37. The first-order chi connectivity index (χ1) is 14.8. The van der Waals surface area contributed by atoms with Crippen LogP contribution in [0, 0.1) is 6.92 Å². The second kappa shape index (κ2) is 11.4. The van der Waals surface area contributed by atoms with Crippen LogP contribution in [0.2, 0.25) is 0 Å². The number of hydrogen-bond donors (Lipinski definition) is 0. The van der Waals surface area contributed by atoms with Crippen LogP contribution < -0.4 is 4.74 Å². The predicted molar refractivity (Wildman–Crippen MR) is 110 cm³/mol. The smallest absolute Gasteiger partial charge is 0.338 e. The van der Waals surface area contributed by atoms with Gasteiger partial charge in [-0.25, -0.2) is 9.59 Å². The monoisotopic (exact) mass is 452 g/mol. The molecule has 10 heteroatoms. The lowest BCUT2D eigenvalue weighted by Crippen LogP contribution is -2.15. The SMILES string of the molecule is COC(=O)c1ccc(OCCOCCOS(=O)(=O)c2ccc(C)cc2)cc1C(=O)OC. The largest absolute Gasteiger partial charge is 0.491 e. The Balaban J connectivity index is 1.78. The van der Waals surface area contributed by atoms with Crippen LogP contribution in [0.15, 0.2) is 47.4 Å². The van der Waals surface area contributed by atoms with Gasteiger partial charge in [0.15, 0.2) is 0 Å². The van der Waals surface area contributed by atoms with Crippen molar-refractivity contribution in [2.75, 3.05) is 40.6 Å². The number of carbonyl (C=O) groups excluding carboxylic acids is 2. The van der Waals surface area contributed by atoms with Gasteiger partial charge in [0.25, 0.3) is 10.1 Å². The average Bonchev–Trinajstić information content (AvgIpc) is 2.77. The molecule has 0 atom stereocenters. The Morgan fingerprint density at radius 1 is 0.806 bits per heavy atom. The highest BCUT2D eigenvalue weighted by Gasteiger charge is 2.19. The molecule has 0 amide bonds. The van der Waals surface area contributed by atoms with Crippen LogP contribution in [-0.2, 0) is 28.5 Å². The van der Waals surface area contributed by atoms with E-state index in [0.29, 0.717) is 5.75 Å². The molecule has 168 valence electrons. The first kappa shape index (κ1) is 24.3. The van der Waals surface area contributed by atoms with E-state index < -0.39 is 22.1 Å². The third-order valence-corrected chi connectivity index (χ3v) is 5.40. The van der Waals surface area contributed by atoms with Crippen molar-refractivity contribution in [3.63, 3.8) is 0 Å². The maximum absolute atomic E-state index is 12.1.